The van der Waals surface area contributed by atoms with Gasteiger partial charge in [-0.1, -0.05) is 45.4 Å². The van der Waals surface area contributed by atoms with Gasteiger partial charge in [-0.25, -0.2) is 0 Å². The van der Waals surface area contributed by atoms with E-state index >= 15 is 0 Å². The molecule has 16 heavy (non-hydrogen) atoms. The lowest BCUT2D eigenvalue weighted by atomic mass is 10.1. The van der Waals surface area contributed by atoms with Crippen LogP contribution in [-0.2, 0) is 4.79 Å². The van der Waals surface area contributed by atoms with Crippen LogP contribution in [0.5, 0.6) is 0 Å². The fourth-order valence-corrected chi connectivity index (χ4v) is 1.71. The number of hydrogen-bond donors (Lipinski definition) is 1. The lowest BCUT2D eigenvalue weighted by Crippen LogP contribution is -2.33. The zero-order valence-corrected chi connectivity index (χ0v) is 11.5. The lowest BCUT2D eigenvalue weighted by Gasteiger charge is -2.09. The van der Waals surface area contributed by atoms with Crippen molar-refractivity contribution < 1.29 is 4.79 Å². The molecule has 0 saturated heterocycles. The fraction of sp³-hybridized carbons (Fsp3) is 0.923. The van der Waals surface area contributed by atoms with Gasteiger partial charge >= 0.3 is 0 Å². The van der Waals surface area contributed by atoms with Crippen molar-refractivity contribution >= 4 is 17.5 Å². The summed E-state index contributed by atoms with van der Waals surface area (Å²) in [6.45, 7) is 4.15. The molecule has 0 heterocycles. The number of carbonyl (C=O) groups is 1. The molecule has 1 N–H and O–H groups in total. The van der Waals surface area contributed by atoms with Crippen molar-refractivity contribution in [2.75, 3.05) is 5.88 Å². The van der Waals surface area contributed by atoms with Crippen molar-refractivity contribution in [3.8, 4) is 0 Å². The third-order valence-corrected chi connectivity index (χ3v) is 3.11. The van der Waals surface area contributed by atoms with Crippen LogP contribution in [0.15, 0.2) is 0 Å². The molecule has 0 aromatic carbocycles. The van der Waals surface area contributed by atoms with Crippen LogP contribution in [0.4, 0.5) is 0 Å². The maximum Gasteiger partial charge on any atom is 0.220 e. The van der Waals surface area contributed by atoms with Gasteiger partial charge < -0.3 is 5.32 Å². The monoisotopic (exact) mass is 247 g/mol. The first kappa shape index (κ1) is 15.8. The van der Waals surface area contributed by atoms with Crippen molar-refractivity contribution in [1.82, 2.24) is 5.32 Å². The summed E-state index contributed by atoms with van der Waals surface area (Å²) >= 11 is 5.61. The van der Waals surface area contributed by atoms with E-state index in [1.807, 2.05) is 6.92 Å². The molecule has 0 aliphatic carbocycles. The summed E-state index contributed by atoms with van der Waals surface area (Å²) in [5.41, 5.74) is 0. The highest BCUT2D eigenvalue weighted by molar-refractivity contribution is 6.18. The molecule has 2 nitrogen and oxygen atoms in total. The first-order chi connectivity index (χ1) is 7.70. The predicted molar refractivity (Wildman–Crippen MR) is 70.9 cm³/mol. The molecule has 96 valence electrons. The summed E-state index contributed by atoms with van der Waals surface area (Å²) < 4.78 is 0. The Kier molecular flexibility index (Phi) is 11.1. The van der Waals surface area contributed by atoms with E-state index in [1.165, 1.54) is 38.5 Å². The van der Waals surface area contributed by atoms with Gasteiger partial charge in [-0.2, -0.15) is 0 Å². The van der Waals surface area contributed by atoms with Crippen molar-refractivity contribution in [3.05, 3.63) is 0 Å². The second-order valence-electron chi connectivity index (χ2n) is 4.49. The number of carbonyl (C=O) groups excluding carboxylic acids is 1. The highest BCUT2D eigenvalue weighted by atomic mass is 35.5. The van der Waals surface area contributed by atoms with E-state index in [-0.39, 0.29) is 11.9 Å². The number of alkyl halides is 1. The number of unbranched alkanes of at least 4 members (excludes halogenated alkanes) is 6. The molecule has 0 aromatic heterocycles. The molecule has 0 saturated carbocycles. The van der Waals surface area contributed by atoms with Crippen LogP contribution in [-0.4, -0.2) is 17.8 Å². The average Bonchev–Trinajstić information content (AvgIpc) is 2.27. The predicted octanol–water partition coefficient (Wildman–Crippen LogP) is 3.87. The van der Waals surface area contributed by atoms with Crippen LogP contribution in [0, 0.1) is 0 Å². The summed E-state index contributed by atoms with van der Waals surface area (Å²) in [6, 6.07) is 0.0960. The summed E-state index contributed by atoms with van der Waals surface area (Å²) in [4.78, 5) is 11.4. The fourth-order valence-electron chi connectivity index (χ4n) is 1.63. The van der Waals surface area contributed by atoms with Gasteiger partial charge in [0.25, 0.3) is 0 Å². The van der Waals surface area contributed by atoms with Crippen LogP contribution >= 0.6 is 11.6 Å². The molecular formula is C13H26ClNO. The summed E-state index contributed by atoms with van der Waals surface area (Å²) in [5, 5.41) is 2.87. The van der Waals surface area contributed by atoms with E-state index in [0.717, 1.165) is 6.42 Å². The largest absolute Gasteiger partial charge is 0.352 e. The van der Waals surface area contributed by atoms with Gasteiger partial charge in [0.05, 0.1) is 0 Å². The minimum Gasteiger partial charge on any atom is -0.352 e. The number of nitrogens with one attached hydrogen (secondary N) is 1. The Balaban J connectivity index is 3.21. The summed E-state index contributed by atoms with van der Waals surface area (Å²) in [5.74, 6) is 0.629. The number of rotatable bonds is 10. The third-order valence-electron chi connectivity index (χ3n) is 2.65. The second kappa shape index (κ2) is 11.3. The van der Waals surface area contributed by atoms with Gasteiger partial charge in [-0.05, 0) is 13.3 Å². The van der Waals surface area contributed by atoms with Crippen LogP contribution in [0.25, 0.3) is 0 Å². The molecule has 0 aromatic rings. The van der Waals surface area contributed by atoms with Gasteiger partial charge in [-0.15, -0.1) is 11.6 Å². The number of hydrogen-bond acceptors (Lipinski definition) is 1. The Labute approximate surface area is 105 Å². The Hall–Kier alpha value is -0.240. The number of amides is 1. The second-order valence-corrected chi connectivity index (χ2v) is 4.80. The van der Waals surface area contributed by atoms with E-state index in [2.05, 4.69) is 12.2 Å². The quantitative estimate of drug-likeness (QED) is 0.461. The summed E-state index contributed by atoms with van der Waals surface area (Å²) in [6.07, 6.45) is 9.37. The van der Waals surface area contributed by atoms with Crippen molar-refractivity contribution in [3.63, 3.8) is 0 Å². The highest BCUT2D eigenvalue weighted by Gasteiger charge is 2.04. The molecule has 0 bridgehead atoms. The van der Waals surface area contributed by atoms with Gasteiger partial charge in [-0.3, -0.25) is 4.79 Å². The molecule has 1 atom stereocenters. The van der Waals surface area contributed by atoms with Crippen LogP contribution in [0.3, 0.4) is 0 Å². The standard InChI is InChI=1S/C13H26ClNO/c1-3-4-5-6-7-8-9-10-13(16)15-12(2)11-14/h12H,3-11H2,1-2H3,(H,15,16). The molecular weight excluding hydrogens is 222 g/mol. The van der Waals surface area contributed by atoms with Crippen molar-refractivity contribution in [2.45, 2.75) is 71.3 Å². The van der Waals surface area contributed by atoms with Crippen LogP contribution in [0.2, 0.25) is 0 Å². The van der Waals surface area contributed by atoms with Gasteiger partial charge in [0.1, 0.15) is 0 Å². The highest BCUT2D eigenvalue weighted by Crippen LogP contribution is 2.08. The van der Waals surface area contributed by atoms with E-state index in [0.29, 0.717) is 12.3 Å². The Morgan fingerprint density at radius 3 is 2.25 bits per heavy atom. The van der Waals surface area contributed by atoms with Crippen LogP contribution < -0.4 is 5.32 Å². The molecule has 1 amide bonds. The first-order valence-electron chi connectivity index (χ1n) is 6.56. The Morgan fingerprint density at radius 2 is 1.69 bits per heavy atom. The Morgan fingerprint density at radius 1 is 1.12 bits per heavy atom. The minimum absolute atomic E-state index is 0.0960. The van der Waals surface area contributed by atoms with E-state index < -0.39 is 0 Å². The van der Waals surface area contributed by atoms with Crippen molar-refractivity contribution in [2.24, 2.45) is 0 Å². The molecule has 0 aliphatic heterocycles. The smallest absolute Gasteiger partial charge is 0.220 e. The molecule has 1 unspecified atom stereocenters. The molecule has 0 fully saturated rings. The average molecular weight is 248 g/mol. The lowest BCUT2D eigenvalue weighted by molar-refractivity contribution is -0.121. The molecule has 3 heteroatoms. The zero-order chi connectivity index (χ0) is 12.2. The maximum atomic E-state index is 11.4. The minimum atomic E-state index is 0.0960. The van der Waals surface area contributed by atoms with Crippen LogP contribution in [0.1, 0.15) is 65.2 Å². The first-order valence-corrected chi connectivity index (χ1v) is 7.09. The maximum absolute atomic E-state index is 11.4. The molecule has 0 spiro atoms. The van der Waals surface area contributed by atoms with Crippen molar-refractivity contribution in [1.29, 1.82) is 0 Å². The van der Waals surface area contributed by atoms with Gasteiger partial charge in [0.15, 0.2) is 0 Å². The normalized spacial score (nSPS) is 12.4. The molecule has 0 aliphatic rings. The zero-order valence-electron chi connectivity index (χ0n) is 10.7. The topological polar surface area (TPSA) is 29.1 Å². The van der Waals surface area contributed by atoms with E-state index in [1.54, 1.807) is 0 Å². The van der Waals surface area contributed by atoms with Gasteiger partial charge in [0.2, 0.25) is 5.91 Å². The SMILES string of the molecule is CCCCCCCCCC(=O)NC(C)CCl. The molecule has 0 radical (unpaired) electrons. The van der Waals surface area contributed by atoms with E-state index in [4.69, 9.17) is 11.6 Å². The summed E-state index contributed by atoms with van der Waals surface area (Å²) in [7, 11) is 0. The third kappa shape index (κ3) is 10.3. The van der Waals surface area contributed by atoms with E-state index in [9.17, 15) is 4.79 Å². The van der Waals surface area contributed by atoms with Gasteiger partial charge in [0, 0.05) is 18.3 Å². The Bertz CT molecular complexity index is 173. The number of halogens is 1. The molecule has 0 rings (SSSR count).